The molecule has 10 nitrogen and oxygen atoms in total. The highest BCUT2D eigenvalue weighted by molar-refractivity contribution is 7.90. The zero-order valence-corrected chi connectivity index (χ0v) is 18.2. The molecule has 0 aliphatic rings. The fourth-order valence-electron chi connectivity index (χ4n) is 2.78. The second-order valence-electron chi connectivity index (χ2n) is 6.63. The zero-order chi connectivity index (χ0) is 23.5. The van der Waals surface area contributed by atoms with Gasteiger partial charge in [-0.1, -0.05) is 29.8 Å². The molecule has 2 amide bonds. The maximum atomic E-state index is 12.7. The van der Waals surface area contributed by atoms with Gasteiger partial charge >= 0.3 is 5.69 Å². The van der Waals surface area contributed by atoms with Crippen LogP contribution in [0.15, 0.2) is 69.2 Å². The molecule has 1 heterocycles. The van der Waals surface area contributed by atoms with Crippen molar-refractivity contribution in [2.24, 2.45) is 0 Å². The molecule has 32 heavy (non-hydrogen) atoms. The molecule has 0 saturated heterocycles. The summed E-state index contributed by atoms with van der Waals surface area (Å²) in [6.45, 7) is 0.930. The van der Waals surface area contributed by atoms with Crippen LogP contribution in [-0.2, 0) is 21.4 Å². The summed E-state index contributed by atoms with van der Waals surface area (Å²) in [5.74, 6) is -1.55. The summed E-state index contributed by atoms with van der Waals surface area (Å²) < 4.78 is 26.6. The Bertz CT molecular complexity index is 1410. The summed E-state index contributed by atoms with van der Waals surface area (Å²) in [6.07, 6.45) is 0.999. The number of rotatable bonds is 6. The number of hydrogen-bond donors (Lipinski definition) is 3. The number of anilines is 1. The number of sulfonamides is 1. The predicted molar refractivity (Wildman–Crippen MR) is 117 cm³/mol. The molecular weight excluding hydrogens is 460 g/mol. The van der Waals surface area contributed by atoms with E-state index in [-0.39, 0.29) is 22.7 Å². The Labute approximate surface area is 186 Å². The second kappa shape index (κ2) is 9.20. The van der Waals surface area contributed by atoms with E-state index in [1.807, 2.05) is 4.72 Å². The molecule has 2 aromatic carbocycles. The summed E-state index contributed by atoms with van der Waals surface area (Å²) in [5.41, 5.74) is -1.14. The van der Waals surface area contributed by atoms with Crippen LogP contribution in [0.25, 0.3) is 0 Å². The van der Waals surface area contributed by atoms with E-state index in [1.54, 1.807) is 24.3 Å². The smallest absolute Gasteiger partial charge is 0.322 e. The van der Waals surface area contributed by atoms with E-state index in [9.17, 15) is 27.6 Å². The van der Waals surface area contributed by atoms with Gasteiger partial charge in [0.1, 0.15) is 5.56 Å². The fourth-order valence-corrected chi connectivity index (χ4v) is 3.96. The number of nitrogens with one attached hydrogen (secondary N) is 3. The number of hydrogen-bond acceptors (Lipinski definition) is 6. The van der Waals surface area contributed by atoms with Crippen LogP contribution in [0, 0.1) is 0 Å². The Morgan fingerprint density at radius 3 is 2.34 bits per heavy atom. The van der Waals surface area contributed by atoms with Gasteiger partial charge in [-0.15, -0.1) is 0 Å². The van der Waals surface area contributed by atoms with Crippen LogP contribution >= 0.6 is 11.6 Å². The SMILES string of the molecule is CC(=O)NS(=O)(=O)c1ccc(NC(=O)c2c[nH]c(=O)n(Cc3ccccc3Cl)c2=O)cc1. The topological polar surface area (TPSA) is 147 Å². The number of carbonyl (C=O) groups excluding carboxylic acids is 2. The zero-order valence-electron chi connectivity index (χ0n) is 16.6. The Kier molecular flexibility index (Phi) is 6.61. The maximum absolute atomic E-state index is 12.7. The molecular formula is C20H17ClN4O6S. The number of aromatic amines is 1. The Morgan fingerprint density at radius 1 is 1.06 bits per heavy atom. The van der Waals surface area contributed by atoms with Crippen molar-refractivity contribution in [2.75, 3.05) is 5.32 Å². The first-order chi connectivity index (χ1) is 15.1. The van der Waals surface area contributed by atoms with E-state index in [4.69, 9.17) is 11.6 Å². The van der Waals surface area contributed by atoms with Crippen LogP contribution in [0.2, 0.25) is 5.02 Å². The van der Waals surface area contributed by atoms with Gasteiger partial charge in [-0.3, -0.25) is 19.0 Å². The van der Waals surface area contributed by atoms with Crippen molar-refractivity contribution < 1.29 is 18.0 Å². The van der Waals surface area contributed by atoms with Crippen molar-refractivity contribution >= 4 is 39.1 Å². The average Bonchev–Trinajstić information content (AvgIpc) is 2.71. The lowest BCUT2D eigenvalue weighted by atomic mass is 10.2. The van der Waals surface area contributed by atoms with Gasteiger partial charge in [0.2, 0.25) is 5.91 Å². The molecule has 0 bridgehead atoms. The molecule has 3 rings (SSSR count). The van der Waals surface area contributed by atoms with Crippen LogP contribution in [0.4, 0.5) is 5.69 Å². The quantitative estimate of drug-likeness (QED) is 0.488. The van der Waals surface area contributed by atoms with Gasteiger partial charge in [0.05, 0.1) is 11.4 Å². The lowest BCUT2D eigenvalue weighted by Crippen LogP contribution is -2.39. The molecule has 3 aromatic rings. The molecule has 0 unspecified atom stereocenters. The molecule has 12 heteroatoms. The number of H-pyrrole nitrogens is 1. The first kappa shape index (κ1) is 23.0. The van der Waals surface area contributed by atoms with Crippen LogP contribution in [-0.4, -0.2) is 29.8 Å². The Hall–Kier alpha value is -3.70. The number of nitrogens with zero attached hydrogens (tertiary/aromatic N) is 1. The summed E-state index contributed by atoms with van der Waals surface area (Å²) in [5, 5.41) is 2.82. The monoisotopic (exact) mass is 476 g/mol. The summed E-state index contributed by atoms with van der Waals surface area (Å²) in [7, 11) is -4.02. The molecule has 1 aromatic heterocycles. The molecule has 0 saturated carbocycles. The van der Waals surface area contributed by atoms with Gasteiger partial charge < -0.3 is 10.3 Å². The molecule has 3 N–H and O–H groups in total. The second-order valence-corrected chi connectivity index (χ2v) is 8.72. The molecule has 0 spiro atoms. The van der Waals surface area contributed by atoms with E-state index in [2.05, 4.69) is 10.3 Å². The van der Waals surface area contributed by atoms with E-state index in [0.29, 0.717) is 10.6 Å². The average molecular weight is 477 g/mol. The third-order valence-electron chi connectivity index (χ3n) is 4.29. The number of benzene rings is 2. The molecule has 0 radical (unpaired) electrons. The van der Waals surface area contributed by atoms with Gasteiger partial charge in [-0.05, 0) is 35.9 Å². The Morgan fingerprint density at radius 2 is 1.72 bits per heavy atom. The number of halogens is 1. The molecule has 0 aliphatic carbocycles. The summed E-state index contributed by atoms with van der Waals surface area (Å²) in [6, 6.07) is 11.6. The highest BCUT2D eigenvalue weighted by Gasteiger charge is 2.18. The number of carbonyl (C=O) groups is 2. The number of aromatic nitrogens is 2. The van der Waals surface area contributed by atoms with Gasteiger partial charge in [-0.25, -0.2) is 17.9 Å². The van der Waals surface area contributed by atoms with Crippen molar-refractivity contribution in [1.82, 2.24) is 14.3 Å². The first-order valence-corrected chi connectivity index (χ1v) is 11.0. The third kappa shape index (κ3) is 5.13. The first-order valence-electron chi connectivity index (χ1n) is 9.09. The highest BCUT2D eigenvalue weighted by Crippen LogP contribution is 2.16. The molecule has 0 fully saturated rings. The number of amides is 2. The van der Waals surface area contributed by atoms with Gasteiger partial charge in [0, 0.05) is 23.8 Å². The van der Waals surface area contributed by atoms with E-state index in [0.717, 1.165) is 17.7 Å². The van der Waals surface area contributed by atoms with Crippen LogP contribution < -0.4 is 21.3 Å². The van der Waals surface area contributed by atoms with Crippen molar-refractivity contribution in [3.05, 3.63) is 91.7 Å². The summed E-state index contributed by atoms with van der Waals surface area (Å²) >= 11 is 6.09. The lowest BCUT2D eigenvalue weighted by Gasteiger charge is -2.10. The minimum Gasteiger partial charge on any atom is -0.322 e. The van der Waals surface area contributed by atoms with Crippen molar-refractivity contribution in [2.45, 2.75) is 18.4 Å². The highest BCUT2D eigenvalue weighted by atomic mass is 35.5. The maximum Gasteiger partial charge on any atom is 0.328 e. The fraction of sp³-hybridized carbons (Fsp3) is 0.100. The van der Waals surface area contributed by atoms with Gasteiger partial charge in [-0.2, -0.15) is 0 Å². The van der Waals surface area contributed by atoms with Crippen LogP contribution in [0.1, 0.15) is 22.8 Å². The van der Waals surface area contributed by atoms with Crippen molar-refractivity contribution in [3.63, 3.8) is 0 Å². The van der Waals surface area contributed by atoms with Crippen molar-refractivity contribution in [3.8, 4) is 0 Å². The normalized spacial score (nSPS) is 11.1. The van der Waals surface area contributed by atoms with Crippen molar-refractivity contribution in [1.29, 1.82) is 0 Å². The molecule has 0 aliphatic heterocycles. The van der Waals surface area contributed by atoms with Gasteiger partial charge in [0.15, 0.2) is 0 Å². The van der Waals surface area contributed by atoms with Crippen LogP contribution in [0.3, 0.4) is 0 Å². The third-order valence-corrected chi connectivity index (χ3v) is 6.11. The summed E-state index contributed by atoms with van der Waals surface area (Å²) in [4.78, 5) is 50.7. The standard InChI is InChI=1S/C20H17ClN4O6S/c1-12(26)24-32(30,31)15-8-6-14(7-9-15)23-18(27)16-10-22-20(29)25(19(16)28)11-13-4-2-3-5-17(13)21/h2-10H,11H2,1H3,(H,22,29)(H,23,27)(H,24,26). The van der Waals surface area contributed by atoms with E-state index in [1.165, 1.54) is 24.3 Å². The minimum atomic E-state index is -4.02. The Balaban J connectivity index is 1.84. The van der Waals surface area contributed by atoms with E-state index < -0.39 is 33.1 Å². The lowest BCUT2D eigenvalue weighted by molar-refractivity contribution is -0.117. The van der Waals surface area contributed by atoms with Gasteiger partial charge in [0.25, 0.3) is 21.5 Å². The van der Waals surface area contributed by atoms with E-state index >= 15 is 0 Å². The predicted octanol–water partition coefficient (Wildman–Crippen LogP) is 1.32. The largest absolute Gasteiger partial charge is 0.328 e. The minimum absolute atomic E-state index is 0.134. The van der Waals surface area contributed by atoms with Crippen LogP contribution in [0.5, 0.6) is 0 Å². The molecule has 0 atom stereocenters. The molecule has 166 valence electrons.